The highest BCUT2D eigenvalue weighted by Gasteiger charge is 2.24. The van der Waals surface area contributed by atoms with Gasteiger partial charge in [-0.05, 0) is 75.8 Å². The average Bonchev–Trinajstić information content (AvgIpc) is 2.97. The number of fused-ring (bicyclic) bond motifs is 1. The topological polar surface area (TPSA) is 15.3 Å². The fourth-order valence-corrected chi connectivity index (χ4v) is 4.76. The van der Waals surface area contributed by atoms with Crippen LogP contribution >= 0.6 is 22.9 Å². The summed E-state index contributed by atoms with van der Waals surface area (Å²) in [6.45, 7) is 7.36. The van der Waals surface area contributed by atoms with Gasteiger partial charge in [0.15, 0.2) is 0 Å². The van der Waals surface area contributed by atoms with E-state index in [1.165, 1.54) is 62.2 Å². The van der Waals surface area contributed by atoms with E-state index in [-0.39, 0.29) is 0 Å². The normalized spacial score (nSPS) is 24.2. The molecule has 1 aromatic heterocycles. The van der Waals surface area contributed by atoms with E-state index in [0.29, 0.717) is 6.04 Å². The molecule has 112 valence electrons. The second-order valence-electron chi connectivity index (χ2n) is 6.35. The third-order valence-corrected chi connectivity index (χ3v) is 6.10. The zero-order valence-electron chi connectivity index (χ0n) is 12.3. The molecule has 1 unspecified atom stereocenters. The van der Waals surface area contributed by atoms with Crippen molar-refractivity contribution in [1.82, 2.24) is 10.2 Å². The number of aryl methyl sites for hydroxylation is 1. The Morgan fingerprint density at radius 2 is 2.15 bits per heavy atom. The highest BCUT2D eigenvalue weighted by molar-refractivity contribution is 7.16. The van der Waals surface area contributed by atoms with E-state index < -0.39 is 0 Å². The number of likely N-dealkylation sites (tertiary alicyclic amines) is 1. The van der Waals surface area contributed by atoms with Crippen LogP contribution in [0.2, 0.25) is 4.34 Å². The molecule has 1 aliphatic heterocycles. The third-order valence-electron chi connectivity index (χ3n) is 4.77. The van der Waals surface area contributed by atoms with Crippen LogP contribution in [0.5, 0.6) is 0 Å². The summed E-state index contributed by atoms with van der Waals surface area (Å²) >= 11 is 7.86. The predicted molar refractivity (Wildman–Crippen MR) is 87.8 cm³/mol. The van der Waals surface area contributed by atoms with Crippen molar-refractivity contribution in [2.75, 3.05) is 26.2 Å². The van der Waals surface area contributed by atoms with E-state index >= 15 is 0 Å². The van der Waals surface area contributed by atoms with Gasteiger partial charge in [0.05, 0.1) is 4.34 Å². The van der Waals surface area contributed by atoms with Crippen LogP contribution in [-0.2, 0) is 6.42 Å². The first kappa shape index (κ1) is 14.8. The van der Waals surface area contributed by atoms with Crippen molar-refractivity contribution >= 4 is 22.9 Å². The summed E-state index contributed by atoms with van der Waals surface area (Å²) in [5.74, 6) is 0.935. The Hall–Kier alpha value is -0.0900. The van der Waals surface area contributed by atoms with Gasteiger partial charge >= 0.3 is 0 Å². The maximum Gasteiger partial charge on any atom is 0.0934 e. The van der Waals surface area contributed by atoms with E-state index in [1.807, 2.05) is 0 Å². The molecule has 1 aromatic rings. The SMILES string of the molecule is CC1CCN(CCCNC2CCc3sc(Cl)cc32)CC1. The van der Waals surface area contributed by atoms with Gasteiger partial charge in [-0.3, -0.25) is 0 Å². The average molecular weight is 313 g/mol. The molecule has 0 amide bonds. The molecule has 1 saturated heterocycles. The Bertz CT molecular complexity index is 438. The molecule has 1 N–H and O–H groups in total. The van der Waals surface area contributed by atoms with Gasteiger partial charge in [-0.1, -0.05) is 18.5 Å². The van der Waals surface area contributed by atoms with Crippen LogP contribution < -0.4 is 5.32 Å². The maximum absolute atomic E-state index is 6.10. The third kappa shape index (κ3) is 3.56. The molecule has 4 heteroatoms. The molecule has 0 aromatic carbocycles. The van der Waals surface area contributed by atoms with Gasteiger partial charge in [-0.25, -0.2) is 0 Å². The minimum absolute atomic E-state index is 0.551. The lowest BCUT2D eigenvalue weighted by Gasteiger charge is -2.30. The zero-order chi connectivity index (χ0) is 13.9. The van der Waals surface area contributed by atoms with Gasteiger partial charge in [0, 0.05) is 10.9 Å². The molecule has 2 aliphatic rings. The van der Waals surface area contributed by atoms with Crippen LogP contribution in [0.4, 0.5) is 0 Å². The van der Waals surface area contributed by atoms with Gasteiger partial charge in [-0.2, -0.15) is 0 Å². The van der Waals surface area contributed by atoms with Crippen LogP contribution in [0.15, 0.2) is 6.07 Å². The van der Waals surface area contributed by atoms with Crippen molar-refractivity contribution in [3.8, 4) is 0 Å². The summed E-state index contributed by atoms with van der Waals surface area (Å²) in [5, 5.41) is 3.72. The molecule has 2 heterocycles. The van der Waals surface area contributed by atoms with Crippen LogP contribution in [0.1, 0.15) is 49.1 Å². The Morgan fingerprint density at radius 3 is 2.95 bits per heavy atom. The molecule has 0 radical (unpaired) electrons. The van der Waals surface area contributed by atoms with Crippen molar-refractivity contribution in [2.24, 2.45) is 5.92 Å². The summed E-state index contributed by atoms with van der Waals surface area (Å²) in [4.78, 5) is 4.13. The van der Waals surface area contributed by atoms with E-state index in [9.17, 15) is 0 Å². The Kier molecular flexibility index (Phi) is 5.03. The molecule has 1 fully saturated rings. The summed E-state index contributed by atoms with van der Waals surface area (Å²) in [6, 6.07) is 2.72. The summed E-state index contributed by atoms with van der Waals surface area (Å²) in [6.07, 6.45) is 6.48. The summed E-state index contributed by atoms with van der Waals surface area (Å²) in [7, 11) is 0. The highest BCUT2D eigenvalue weighted by Crippen LogP contribution is 2.39. The smallest absolute Gasteiger partial charge is 0.0934 e. The van der Waals surface area contributed by atoms with E-state index in [4.69, 9.17) is 11.6 Å². The first-order chi connectivity index (χ1) is 9.72. The number of hydrogen-bond donors (Lipinski definition) is 1. The number of rotatable bonds is 5. The molecule has 1 atom stereocenters. The lowest BCUT2D eigenvalue weighted by Crippen LogP contribution is -2.35. The van der Waals surface area contributed by atoms with Gasteiger partial charge in [-0.15, -0.1) is 11.3 Å². The number of thiophene rings is 1. The monoisotopic (exact) mass is 312 g/mol. The summed E-state index contributed by atoms with van der Waals surface area (Å²) < 4.78 is 0.948. The molecule has 0 saturated carbocycles. The lowest BCUT2D eigenvalue weighted by atomic mass is 9.99. The maximum atomic E-state index is 6.10. The Balaban J connectivity index is 1.36. The van der Waals surface area contributed by atoms with Gasteiger partial charge < -0.3 is 10.2 Å². The van der Waals surface area contributed by atoms with E-state index in [0.717, 1.165) is 16.8 Å². The molecular formula is C16H25ClN2S. The number of halogens is 1. The van der Waals surface area contributed by atoms with Crippen molar-refractivity contribution in [3.05, 3.63) is 20.8 Å². The predicted octanol–water partition coefficient (Wildman–Crippen LogP) is 4.10. The van der Waals surface area contributed by atoms with Gasteiger partial charge in [0.2, 0.25) is 0 Å². The zero-order valence-corrected chi connectivity index (χ0v) is 13.9. The van der Waals surface area contributed by atoms with Crippen molar-refractivity contribution < 1.29 is 0 Å². The second kappa shape index (κ2) is 6.78. The number of hydrogen-bond acceptors (Lipinski definition) is 3. The van der Waals surface area contributed by atoms with Crippen LogP contribution in [-0.4, -0.2) is 31.1 Å². The molecule has 3 rings (SSSR count). The molecule has 1 aliphatic carbocycles. The second-order valence-corrected chi connectivity index (χ2v) is 8.12. The first-order valence-electron chi connectivity index (χ1n) is 7.96. The van der Waals surface area contributed by atoms with Crippen LogP contribution in [0.3, 0.4) is 0 Å². The number of piperidine rings is 1. The minimum atomic E-state index is 0.551. The fraction of sp³-hybridized carbons (Fsp3) is 0.750. The minimum Gasteiger partial charge on any atom is -0.310 e. The summed E-state index contributed by atoms with van der Waals surface area (Å²) in [5.41, 5.74) is 1.46. The number of nitrogens with zero attached hydrogens (tertiary/aromatic N) is 1. The number of nitrogens with one attached hydrogen (secondary N) is 1. The standard InChI is InChI=1S/C16H25ClN2S/c1-12-5-9-19(10-6-12)8-2-7-18-14-3-4-15-13(14)11-16(17)20-15/h11-12,14,18H,2-10H2,1H3. The van der Waals surface area contributed by atoms with Crippen molar-refractivity contribution in [3.63, 3.8) is 0 Å². The van der Waals surface area contributed by atoms with Gasteiger partial charge in [0.1, 0.15) is 0 Å². The fourth-order valence-electron chi connectivity index (χ4n) is 3.41. The van der Waals surface area contributed by atoms with Crippen molar-refractivity contribution in [2.45, 2.75) is 45.1 Å². The highest BCUT2D eigenvalue weighted by atomic mass is 35.5. The lowest BCUT2D eigenvalue weighted by molar-refractivity contribution is 0.190. The largest absolute Gasteiger partial charge is 0.310 e. The Labute approximate surface area is 131 Å². The van der Waals surface area contributed by atoms with Crippen LogP contribution in [0, 0.1) is 5.92 Å². The first-order valence-corrected chi connectivity index (χ1v) is 9.15. The molecule has 2 nitrogen and oxygen atoms in total. The quantitative estimate of drug-likeness (QED) is 0.823. The molecule has 20 heavy (non-hydrogen) atoms. The molecular weight excluding hydrogens is 288 g/mol. The van der Waals surface area contributed by atoms with Crippen molar-refractivity contribution in [1.29, 1.82) is 0 Å². The van der Waals surface area contributed by atoms with Gasteiger partial charge in [0.25, 0.3) is 0 Å². The Morgan fingerprint density at radius 1 is 1.35 bits per heavy atom. The van der Waals surface area contributed by atoms with E-state index in [2.05, 4.69) is 23.2 Å². The molecule has 0 spiro atoms. The van der Waals surface area contributed by atoms with E-state index in [1.54, 1.807) is 11.3 Å². The van der Waals surface area contributed by atoms with Crippen LogP contribution in [0.25, 0.3) is 0 Å². The molecule has 0 bridgehead atoms.